The summed E-state index contributed by atoms with van der Waals surface area (Å²) in [6, 6.07) is 6.78. The van der Waals surface area contributed by atoms with Gasteiger partial charge in [-0.3, -0.25) is 4.79 Å². The number of benzene rings is 1. The molecule has 1 N–H and O–H groups in total. The first-order valence-corrected chi connectivity index (χ1v) is 9.03. The fourth-order valence-corrected chi connectivity index (χ4v) is 3.70. The number of rotatable bonds is 4. The van der Waals surface area contributed by atoms with E-state index in [0.717, 1.165) is 39.0 Å². The molecule has 5 rings (SSSR count). The van der Waals surface area contributed by atoms with Crippen LogP contribution in [0.2, 0.25) is 0 Å². The van der Waals surface area contributed by atoms with Crippen LogP contribution in [-0.2, 0) is 11.2 Å². The van der Waals surface area contributed by atoms with Crippen LogP contribution >= 0.6 is 12.4 Å². The van der Waals surface area contributed by atoms with Gasteiger partial charge in [-0.25, -0.2) is 14.4 Å². The molecule has 0 aliphatic carbocycles. The average Bonchev–Trinajstić information content (AvgIpc) is 2.98. The molecule has 3 fully saturated rings. The summed E-state index contributed by atoms with van der Waals surface area (Å²) in [6.45, 7) is 4.27. The second-order valence-electron chi connectivity index (χ2n) is 6.85. The predicted molar refractivity (Wildman–Crippen MR) is 105 cm³/mol. The number of hydrogen-bond donors (Lipinski definition) is 1. The molecule has 0 unspecified atom stereocenters. The standard InChI is InChI=1S/C19H22FN5O.ClH/c20-17-4-2-1-3-14(17)11-18(26)23-15-12-21-19(22-13-15)25-10-9-24-7-5-16(25)6-8-24;/h1-4,12-13,16H,5-11H2,(H,23,26);1H. The van der Waals surface area contributed by atoms with E-state index in [2.05, 4.69) is 25.1 Å². The normalized spacial score (nSPS) is 21.3. The molecule has 2 aromatic rings. The molecule has 0 saturated carbocycles. The molecular weight excluding hydrogens is 369 g/mol. The SMILES string of the molecule is Cl.O=C(Cc1ccccc1F)Nc1cnc(N2CCN3CCC2CC3)nc1. The lowest BCUT2D eigenvalue weighted by Gasteiger charge is -2.31. The Hall–Kier alpha value is -2.25. The van der Waals surface area contributed by atoms with Crippen LogP contribution in [0.5, 0.6) is 0 Å². The number of fused-ring (bicyclic) bond motifs is 4. The second-order valence-corrected chi connectivity index (χ2v) is 6.85. The van der Waals surface area contributed by atoms with Crippen LogP contribution < -0.4 is 10.2 Å². The van der Waals surface area contributed by atoms with Gasteiger partial charge in [0.15, 0.2) is 0 Å². The van der Waals surface area contributed by atoms with Gasteiger partial charge in [-0.1, -0.05) is 18.2 Å². The molecule has 8 heteroatoms. The minimum absolute atomic E-state index is 0. The summed E-state index contributed by atoms with van der Waals surface area (Å²) in [5.74, 6) is 0.0551. The highest BCUT2D eigenvalue weighted by Gasteiger charge is 2.30. The molecule has 27 heavy (non-hydrogen) atoms. The van der Waals surface area contributed by atoms with Gasteiger partial charge < -0.3 is 15.1 Å². The van der Waals surface area contributed by atoms with E-state index < -0.39 is 0 Å². The van der Waals surface area contributed by atoms with Crippen molar-refractivity contribution in [2.45, 2.75) is 25.3 Å². The number of anilines is 2. The number of amides is 1. The molecule has 144 valence electrons. The largest absolute Gasteiger partial charge is 0.336 e. The number of piperidine rings is 1. The van der Waals surface area contributed by atoms with Crippen LogP contribution in [0, 0.1) is 5.82 Å². The molecule has 0 spiro atoms. The van der Waals surface area contributed by atoms with E-state index in [1.807, 2.05) is 0 Å². The molecule has 1 aromatic heterocycles. The van der Waals surface area contributed by atoms with Crippen LogP contribution in [0.1, 0.15) is 18.4 Å². The van der Waals surface area contributed by atoms with E-state index in [1.54, 1.807) is 30.6 Å². The quantitative estimate of drug-likeness (QED) is 0.867. The van der Waals surface area contributed by atoms with Crippen molar-refractivity contribution in [2.75, 3.05) is 36.4 Å². The maximum atomic E-state index is 13.6. The zero-order valence-electron chi connectivity index (χ0n) is 15.0. The first-order valence-electron chi connectivity index (χ1n) is 9.03. The topological polar surface area (TPSA) is 61.4 Å². The van der Waals surface area contributed by atoms with Gasteiger partial charge in [0.05, 0.1) is 24.5 Å². The lowest BCUT2D eigenvalue weighted by atomic mass is 10.1. The first kappa shape index (κ1) is 19.5. The van der Waals surface area contributed by atoms with Crippen LogP contribution in [0.4, 0.5) is 16.0 Å². The van der Waals surface area contributed by atoms with E-state index in [9.17, 15) is 9.18 Å². The number of carbonyl (C=O) groups is 1. The Kier molecular flexibility index (Phi) is 6.23. The number of carbonyl (C=O) groups excluding carboxylic acids is 1. The van der Waals surface area contributed by atoms with Gasteiger partial charge in [0, 0.05) is 32.2 Å². The summed E-state index contributed by atoms with van der Waals surface area (Å²) in [6.07, 6.45) is 5.52. The summed E-state index contributed by atoms with van der Waals surface area (Å²) in [5.41, 5.74) is 0.899. The van der Waals surface area contributed by atoms with Gasteiger partial charge in [-0.2, -0.15) is 0 Å². The minimum Gasteiger partial charge on any atom is -0.336 e. The lowest BCUT2D eigenvalue weighted by molar-refractivity contribution is -0.115. The van der Waals surface area contributed by atoms with Crippen molar-refractivity contribution >= 4 is 29.9 Å². The van der Waals surface area contributed by atoms with Gasteiger partial charge in [0.1, 0.15) is 5.82 Å². The van der Waals surface area contributed by atoms with Crippen LogP contribution in [-0.4, -0.2) is 53.0 Å². The maximum Gasteiger partial charge on any atom is 0.228 e. The third kappa shape index (κ3) is 4.54. The van der Waals surface area contributed by atoms with E-state index in [4.69, 9.17) is 0 Å². The van der Waals surface area contributed by atoms with Crippen molar-refractivity contribution in [1.82, 2.24) is 14.9 Å². The van der Waals surface area contributed by atoms with Crippen molar-refractivity contribution in [3.8, 4) is 0 Å². The molecule has 3 aliphatic rings. The fourth-order valence-electron chi connectivity index (χ4n) is 3.70. The van der Waals surface area contributed by atoms with Crippen molar-refractivity contribution in [1.29, 1.82) is 0 Å². The highest BCUT2D eigenvalue weighted by molar-refractivity contribution is 5.92. The third-order valence-electron chi connectivity index (χ3n) is 5.14. The van der Waals surface area contributed by atoms with Crippen molar-refractivity contribution in [2.24, 2.45) is 0 Å². The van der Waals surface area contributed by atoms with Crippen LogP contribution in [0.3, 0.4) is 0 Å². The zero-order chi connectivity index (χ0) is 17.9. The Labute approximate surface area is 164 Å². The monoisotopic (exact) mass is 391 g/mol. The average molecular weight is 392 g/mol. The smallest absolute Gasteiger partial charge is 0.228 e. The van der Waals surface area contributed by atoms with E-state index >= 15 is 0 Å². The Morgan fingerprint density at radius 3 is 2.52 bits per heavy atom. The maximum absolute atomic E-state index is 13.6. The number of aromatic nitrogens is 2. The van der Waals surface area contributed by atoms with Gasteiger partial charge in [0.25, 0.3) is 0 Å². The van der Waals surface area contributed by atoms with E-state index in [-0.39, 0.29) is 30.6 Å². The van der Waals surface area contributed by atoms with Crippen molar-refractivity contribution < 1.29 is 9.18 Å². The molecule has 0 radical (unpaired) electrons. The second kappa shape index (κ2) is 8.63. The minimum atomic E-state index is -0.374. The van der Waals surface area contributed by atoms with Crippen molar-refractivity contribution in [3.05, 3.63) is 48.0 Å². The molecular formula is C19H23ClFN5O. The molecule has 3 aliphatic heterocycles. The highest BCUT2D eigenvalue weighted by Crippen LogP contribution is 2.24. The fraction of sp³-hybridized carbons (Fsp3) is 0.421. The number of halogens is 2. The molecule has 2 bridgehead atoms. The summed E-state index contributed by atoms with van der Waals surface area (Å²) in [7, 11) is 0. The number of nitrogens with zero attached hydrogens (tertiary/aromatic N) is 4. The molecule has 1 amide bonds. The molecule has 4 heterocycles. The first-order chi connectivity index (χ1) is 12.7. The van der Waals surface area contributed by atoms with E-state index in [0.29, 0.717) is 23.2 Å². The van der Waals surface area contributed by atoms with Gasteiger partial charge in [-0.05, 0) is 24.5 Å². The van der Waals surface area contributed by atoms with E-state index in [1.165, 1.54) is 6.07 Å². The van der Waals surface area contributed by atoms with Crippen LogP contribution in [0.15, 0.2) is 36.7 Å². The van der Waals surface area contributed by atoms with Crippen LogP contribution in [0.25, 0.3) is 0 Å². The molecule has 0 atom stereocenters. The lowest BCUT2D eigenvalue weighted by Crippen LogP contribution is -2.38. The number of nitrogens with one attached hydrogen (secondary N) is 1. The van der Waals surface area contributed by atoms with Gasteiger partial charge in [0.2, 0.25) is 11.9 Å². The Bertz CT molecular complexity index is 780. The predicted octanol–water partition coefficient (Wildman–Crippen LogP) is 2.50. The molecule has 3 saturated heterocycles. The molecule has 1 aromatic carbocycles. The zero-order valence-corrected chi connectivity index (χ0v) is 15.8. The Balaban J connectivity index is 0.00000210. The number of hydrogen-bond acceptors (Lipinski definition) is 5. The van der Waals surface area contributed by atoms with Crippen molar-refractivity contribution in [3.63, 3.8) is 0 Å². The highest BCUT2D eigenvalue weighted by atomic mass is 35.5. The summed E-state index contributed by atoms with van der Waals surface area (Å²) in [4.78, 5) is 25.8. The Morgan fingerprint density at radius 2 is 1.81 bits per heavy atom. The summed E-state index contributed by atoms with van der Waals surface area (Å²) >= 11 is 0. The molecule has 6 nitrogen and oxygen atoms in total. The van der Waals surface area contributed by atoms with Gasteiger partial charge >= 0.3 is 0 Å². The summed E-state index contributed by atoms with van der Waals surface area (Å²) < 4.78 is 13.6. The summed E-state index contributed by atoms with van der Waals surface area (Å²) in [5, 5.41) is 2.74. The Morgan fingerprint density at radius 1 is 1.11 bits per heavy atom. The van der Waals surface area contributed by atoms with Gasteiger partial charge in [-0.15, -0.1) is 12.4 Å². The third-order valence-corrected chi connectivity index (χ3v) is 5.14.